The molecule has 6 heteroatoms. The van der Waals surface area contributed by atoms with Crippen LogP contribution in [0, 0.1) is 0 Å². The van der Waals surface area contributed by atoms with Crippen LogP contribution in [0.4, 0.5) is 5.69 Å². The number of aromatic carboxylic acids is 1. The first-order chi connectivity index (χ1) is 9.58. The minimum absolute atomic E-state index is 0.0631. The Morgan fingerprint density at radius 2 is 1.95 bits per heavy atom. The van der Waals surface area contributed by atoms with Crippen LogP contribution in [0.3, 0.4) is 0 Å². The first-order valence-electron chi connectivity index (χ1n) is 5.79. The number of nitrogens with one attached hydrogen (secondary N) is 1. The summed E-state index contributed by atoms with van der Waals surface area (Å²) in [4.78, 5) is 26.6. The highest BCUT2D eigenvalue weighted by Gasteiger charge is 2.14. The number of anilines is 1. The molecule has 2 N–H and O–H groups in total. The van der Waals surface area contributed by atoms with Crippen molar-refractivity contribution >= 4 is 29.2 Å². The highest BCUT2D eigenvalue weighted by molar-refractivity contribution is 6.31. The van der Waals surface area contributed by atoms with Gasteiger partial charge in [-0.2, -0.15) is 0 Å². The summed E-state index contributed by atoms with van der Waals surface area (Å²) in [5, 5.41) is 12.0. The van der Waals surface area contributed by atoms with Gasteiger partial charge in [0, 0.05) is 11.2 Å². The summed E-state index contributed by atoms with van der Waals surface area (Å²) in [6, 6.07) is 10.0. The second-order valence-corrected chi connectivity index (χ2v) is 4.43. The highest BCUT2D eigenvalue weighted by atomic mass is 35.5. The van der Waals surface area contributed by atoms with E-state index in [0.29, 0.717) is 10.6 Å². The number of nitrogens with zero attached hydrogens (tertiary/aromatic N) is 1. The van der Waals surface area contributed by atoms with Crippen molar-refractivity contribution in [3.8, 4) is 0 Å². The lowest BCUT2D eigenvalue weighted by Crippen LogP contribution is -2.17. The Hall–Kier alpha value is -2.40. The molecule has 5 nitrogen and oxygen atoms in total. The average molecular weight is 291 g/mol. The fourth-order valence-electron chi connectivity index (χ4n) is 1.69. The van der Waals surface area contributed by atoms with Crippen LogP contribution in [0.2, 0.25) is 5.02 Å². The Morgan fingerprint density at radius 1 is 1.20 bits per heavy atom. The molecule has 0 aliphatic carbocycles. The van der Waals surface area contributed by atoms with Gasteiger partial charge in [0.2, 0.25) is 5.91 Å². The maximum Gasteiger partial charge on any atom is 0.356 e. The van der Waals surface area contributed by atoms with Crippen LogP contribution in [-0.2, 0) is 11.2 Å². The van der Waals surface area contributed by atoms with Crippen molar-refractivity contribution in [3.63, 3.8) is 0 Å². The van der Waals surface area contributed by atoms with Gasteiger partial charge in [0.15, 0.2) is 5.69 Å². The van der Waals surface area contributed by atoms with Crippen LogP contribution < -0.4 is 5.32 Å². The zero-order valence-corrected chi connectivity index (χ0v) is 11.1. The Kier molecular flexibility index (Phi) is 4.32. The van der Waals surface area contributed by atoms with Crippen LogP contribution in [-0.4, -0.2) is 22.0 Å². The minimum atomic E-state index is -1.20. The summed E-state index contributed by atoms with van der Waals surface area (Å²) in [5.74, 6) is -1.55. The molecule has 1 heterocycles. The number of carboxylic acid groups (broad SMARTS) is 1. The van der Waals surface area contributed by atoms with E-state index >= 15 is 0 Å². The van der Waals surface area contributed by atoms with E-state index in [9.17, 15) is 9.59 Å². The fraction of sp³-hybridized carbons (Fsp3) is 0.0714. The number of carbonyl (C=O) groups is 2. The zero-order valence-electron chi connectivity index (χ0n) is 10.3. The van der Waals surface area contributed by atoms with Gasteiger partial charge in [-0.3, -0.25) is 4.79 Å². The number of aromatic nitrogens is 1. The SMILES string of the molecule is O=C(Cc1ccccc1Cl)Nc1cccnc1C(=O)O. The standard InChI is InChI=1S/C14H11ClN2O3/c15-10-5-2-1-4-9(10)8-12(18)17-11-6-3-7-16-13(11)14(19)20/h1-7H,8H2,(H,17,18)(H,19,20). The molecule has 0 radical (unpaired) electrons. The number of rotatable bonds is 4. The number of amides is 1. The van der Waals surface area contributed by atoms with Crippen LogP contribution >= 0.6 is 11.6 Å². The zero-order chi connectivity index (χ0) is 14.5. The van der Waals surface area contributed by atoms with Gasteiger partial charge in [-0.05, 0) is 23.8 Å². The minimum Gasteiger partial charge on any atom is -0.476 e. The van der Waals surface area contributed by atoms with Gasteiger partial charge in [0.1, 0.15) is 0 Å². The third-order valence-electron chi connectivity index (χ3n) is 2.59. The van der Waals surface area contributed by atoms with E-state index in [-0.39, 0.29) is 23.7 Å². The van der Waals surface area contributed by atoms with Crippen molar-refractivity contribution in [2.75, 3.05) is 5.32 Å². The smallest absolute Gasteiger partial charge is 0.356 e. The summed E-state index contributed by atoms with van der Waals surface area (Å²) < 4.78 is 0. The van der Waals surface area contributed by atoms with Crippen molar-refractivity contribution in [1.29, 1.82) is 0 Å². The Balaban J connectivity index is 2.13. The highest BCUT2D eigenvalue weighted by Crippen LogP contribution is 2.17. The fourth-order valence-corrected chi connectivity index (χ4v) is 1.89. The monoisotopic (exact) mass is 290 g/mol. The van der Waals surface area contributed by atoms with E-state index in [2.05, 4.69) is 10.3 Å². The Bertz CT molecular complexity index is 658. The van der Waals surface area contributed by atoms with Crippen molar-refractivity contribution in [2.24, 2.45) is 0 Å². The molecular formula is C14H11ClN2O3. The van der Waals surface area contributed by atoms with E-state index in [1.807, 2.05) is 0 Å². The molecule has 1 amide bonds. The summed E-state index contributed by atoms with van der Waals surface area (Å²) in [5.41, 5.74) is 0.643. The van der Waals surface area contributed by atoms with Crippen molar-refractivity contribution in [1.82, 2.24) is 4.98 Å². The molecule has 0 spiro atoms. The van der Waals surface area contributed by atoms with Gasteiger partial charge >= 0.3 is 5.97 Å². The van der Waals surface area contributed by atoms with Crippen LogP contribution in [0.25, 0.3) is 0 Å². The molecule has 0 aliphatic rings. The van der Waals surface area contributed by atoms with Crippen molar-refractivity contribution in [3.05, 3.63) is 58.9 Å². The van der Waals surface area contributed by atoms with Crippen molar-refractivity contribution < 1.29 is 14.7 Å². The number of carboxylic acids is 1. The molecule has 1 aromatic carbocycles. The number of hydrogen-bond acceptors (Lipinski definition) is 3. The molecule has 0 saturated carbocycles. The molecule has 1 aromatic heterocycles. The molecule has 2 aromatic rings. The first-order valence-corrected chi connectivity index (χ1v) is 6.17. The molecule has 102 valence electrons. The third-order valence-corrected chi connectivity index (χ3v) is 2.96. The summed E-state index contributed by atoms with van der Waals surface area (Å²) in [6.07, 6.45) is 1.42. The van der Waals surface area contributed by atoms with Crippen LogP contribution in [0.5, 0.6) is 0 Å². The van der Waals surface area contributed by atoms with E-state index in [1.165, 1.54) is 12.3 Å². The van der Waals surface area contributed by atoms with Crippen LogP contribution in [0.1, 0.15) is 16.1 Å². The lowest BCUT2D eigenvalue weighted by molar-refractivity contribution is -0.115. The van der Waals surface area contributed by atoms with E-state index < -0.39 is 5.97 Å². The number of pyridine rings is 1. The second kappa shape index (κ2) is 6.16. The number of benzene rings is 1. The van der Waals surface area contributed by atoms with Gasteiger partial charge < -0.3 is 10.4 Å². The average Bonchev–Trinajstić information content (AvgIpc) is 2.41. The van der Waals surface area contributed by atoms with E-state index in [1.54, 1.807) is 30.3 Å². The molecular weight excluding hydrogens is 280 g/mol. The summed E-state index contributed by atoms with van der Waals surface area (Å²) in [7, 11) is 0. The molecule has 0 saturated heterocycles. The molecule has 0 aliphatic heterocycles. The van der Waals surface area contributed by atoms with E-state index in [0.717, 1.165) is 0 Å². The molecule has 0 bridgehead atoms. The maximum absolute atomic E-state index is 11.9. The van der Waals surface area contributed by atoms with Crippen LogP contribution in [0.15, 0.2) is 42.6 Å². The predicted octanol–water partition coefficient (Wildman–Crippen LogP) is 2.61. The van der Waals surface area contributed by atoms with Gasteiger partial charge in [-0.15, -0.1) is 0 Å². The van der Waals surface area contributed by atoms with Gasteiger partial charge in [0.25, 0.3) is 0 Å². The Morgan fingerprint density at radius 3 is 2.65 bits per heavy atom. The summed E-state index contributed by atoms with van der Waals surface area (Å²) in [6.45, 7) is 0. The molecule has 2 rings (SSSR count). The first kappa shape index (κ1) is 14.0. The lowest BCUT2D eigenvalue weighted by atomic mass is 10.1. The number of carbonyl (C=O) groups excluding carboxylic acids is 1. The van der Waals surface area contributed by atoms with Gasteiger partial charge in [-0.1, -0.05) is 29.8 Å². The third kappa shape index (κ3) is 3.33. The quantitative estimate of drug-likeness (QED) is 0.907. The predicted molar refractivity (Wildman–Crippen MR) is 75.0 cm³/mol. The second-order valence-electron chi connectivity index (χ2n) is 4.02. The van der Waals surface area contributed by atoms with E-state index in [4.69, 9.17) is 16.7 Å². The largest absolute Gasteiger partial charge is 0.476 e. The topological polar surface area (TPSA) is 79.3 Å². The Labute approximate surface area is 120 Å². The maximum atomic E-state index is 11.9. The number of halogens is 1. The molecule has 0 fully saturated rings. The molecule has 0 unspecified atom stereocenters. The van der Waals surface area contributed by atoms with Gasteiger partial charge in [0.05, 0.1) is 12.1 Å². The lowest BCUT2D eigenvalue weighted by Gasteiger charge is -2.08. The summed E-state index contributed by atoms with van der Waals surface area (Å²) >= 11 is 5.97. The molecule has 0 atom stereocenters. The van der Waals surface area contributed by atoms with Crippen molar-refractivity contribution in [2.45, 2.75) is 6.42 Å². The molecule has 20 heavy (non-hydrogen) atoms. The number of hydrogen-bond donors (Lipinski definition) is 2. The van der Waals surface area contributed by atoms with Gasteiger partial charge in [-0.25, -0.2) is 9.78 Å². The normalized spacial score (nSPS) is 10.1.